The minimum Gasteiger partial charge on any atom is -0.480 e. The van der Waals surface area contributed by atoms with Gasteiger partial charge in [-0.25, -0.2) is 9.78 Å². The van der Waals surface area contributed by atoms with Crippen LogP contribution in [0.1, 0.15) is 32.4 Å². The minimum absolute atomic E-state index is 0.111. The molecular formula is C19H30N6O7. The van der Waals surface area contributed by atoms with Crippen molar-refractivity contribution in [3.05, 3.63) is 18.2 Å². The summed E-state index contributed by atoms with van der Waals surface area (Å²) in [5.41, 5.74) is 6.45. The molecule has 1 aromatic rings. The van der Waals surface area contributed by atoms with Gasteiger partial charge in [0.25, 0.3) is 0 Å². The van der Waals surface area contributed by atoms with Gasteiger partial charge in [0, 0.05) is 24.9 Å². The van der Waals surface area contributed by atoms with Gasteiger partial charge in [-0.05, 0) is 26.7 Å². The Morgan fingerprint density at radius 1 is 1.19 bits per heavy atom. The summed E-state index contributed by atoms with van der Waals surface area (Å²) in [6, 6.07) is -5.01. The van der Waals surface area contributed by atoms with Crippen LogP contribution in [-0.4, -0.2) is 96.8 Å². The number of amides is 3. The Hall–Kier alpha value is -3.03. The second kappa shape index (κ2) is 11.0. The Labute approximate surface area is 184 Å². The summed E-state index contributed by atoms with van der Waals surface area (Å²) in [4.78, 5) is 57.1. The molecule has 1 fully saturated rings. The molecule has 0 aliphatic carbocycles. The summed E-state index contributed by atoms with van der Waals surface area (Å²) >= 11 is 0. The average Bonchev–Trinajstić information content (AvgIpc) is 3.40. The fraction of sp³-hybridized carbons (Fsp3) is 0.632. The normalized spacial score (nSPS) is 20.7. The number of imidazole rings is 1. The number of hydrogen-bond donors (Lipinski definition) is 7. The molecule has 1 aromatic heterocycles. The highest BCUT2D eigenvalue weighted by atomic mass is 16.4. The van der Waals surface area contributed by atoms with E-state index in [1.54, 1.807) is 0 Å². The largest absolute Gasteiger partial charge is 0.480 e. The van der Waals surface area contributed by atoms with Crippen molar-refractivity contribution in [1.29, 1.82) is 0 Å². The first-order valence-corrected chi connectivity index (χ1v) is 10.3. The van der Waals surface area contributed by atoms with Crippen LogP contribution in [0.15, 0.2) is 12.5 Å². The van der Waals surface area contributed by atoms with Crippen LogP contribution >= 0.6 is 0 Å². The molecule has 13 heteroatoms. The molecule has 0 aromatic carbocycles. The number of nitrogens with zero attached hydrogens (tertiary/aromatic N) is 2. The van der Waals surface area contributed by atoms with Crippen LogP contribution in [0, 0.1) is 0 Å². The van der Waals surface area contributed by atoms with Crippen molar-refractivity contribution < 1.29 is 34.5 Å². The van der Waals surface area contributed by atoms with E-state index in [-0.39, 0.29) is 19.4 Å². The van der Waals surface area contributed by atoms with E-state index in [0.717, 1.165) is 4.90 Å². The molecule has 0 spiro atoms. The molecule has 13 nitrogen and oxygen atoms in total. The molecule has 0 bridgehead atoms. The highest BCUT2D eigenvalue weighted by Gasteiger charge is 2.40. The van der Waals surface area contributed by atoms with E-state index in [1.807, 2.05) is 0 Å². The zero-order chi connectivity index (χ0) is 24.0. The van der Waals surface area contributed by atoms with Crippen molar-refractivity contribution in [3.8, 4) is 0 Å². The lowest BCUT2D eigenvalue weighted by Gasteiger charge is -2.30. The Bertz CT molecular complexity index is 813. The van der Waals surface area contributed by atoms with Crippen LogP contribution in [0.3, 0.4) is 0 Å². The third-order valence-electron chi connectivity index (χ3n) is 5.26. The van der Waals surface area contributed by atoms with Crippen molar-refractivity contribution >= 4 is 23.7 Å². The zero-order valence-electron chi connectivity index (χ0n) is 17.9. The molecule has 2 heterocycles. The number of aliphatic hydroxyl groups is 2. The summed E-state index contributed by atoms with van der Waals surface area (Å²) < 4.78 is 0. The summed E-state index contributed by atoms with van der Waals surface area (Å²) in [7, 11) is 0. The molecule has 1 aliphatic rings. The summed E-state index contributed by atoms with van der Waals surface area (Å²) in [5, 5.41) is 34.0. The van der Waals surface area contributed by atoms with Gasteiger partial charge >= 0.3 is 5.97 Å². The highest BCUT2D eigenvalue weighted by molar-refractivity contribution is 5.94. The van der Waals surface area contributed by atoms with E-state index in [1.165, 1.54) is 26.4 Å². The summed E-state index contributed by atoms with van der Waals surface area (Å²) in [6.07, 6.45) is 1.07. The van der Waals surface area contributed by atoms with E-state index >= 15 is 0 Å². The Morgan fingerprint density at radius 3 is 2.34 bits per heavy atom. The van der Waals surface area contributed by atoms with Gasteiger partial charge in [0.15, 0.2) is 0 Å². The maximum Gasteiger partial charge on any atom is 0.326 e. The van der Waals surface area contributed by atoms with Gasteiger partial charge in [0.1, 0.15) is 18.1 Å². The van der Waals surface area contributed by atoms with Crippen LogP contribution in [0.25, 0.3) is 0 Å². The zero-order valence-corrected chi connectivity index (χ0v) is 17.9. The van der Waals surface area contributed by atoms with Crippen LogP contribution in [0.5, 0.6) is 0 Å². The number of carbonyl (C=O) groups excluding carboxylic acids is 3. The number of likely N-dealkylation sites (tertiary alicyclic amines) is 1. The summed E-state index contributed by atoms with van der Waals surface area (Å²) in [6.45, 7) is 2.71. The minimum atomic E-state index is -1.46. The first-order chi connectivity index (χ1) is 15.0. The monoisotopic (exact) mass is 454 g/mol. The predicted molar refractivity (Wildman–Crippen MR) is 110 cm³/mol. The van der Waals surface area contributed by atoms with Gasteiger partial charge in [0.05, 0.1) is 24.6 Å². The number of aromatic nitrogens is 2. The molecule has 6 unspecified atom stereocenters. The topological polar surface area (TPSA) is 211 Å². The molecule has 0 radical (unpaired) electrons. The lowest BCUT2D eigenvalue weighted by Crippen LogP contribution is -2.62. The van der Waals surface area contributed by atoms with Crippen molar-refractivity contribution in [2.75, 3.05) is 6.54 Å². The molecule has 6 atom stereocenters. The highest BCUT2D eigenvalue weighted by Crippen LogP contribution is 2.19. The molecule has 178 valence electrons. The number of aliphatic carboxylic acids is 1. The van der Waals surface area contributed by atoms with Crippen LogP contribution < -0.4 is 16.4 Å². The average molecular weight is 454 g/mol. The molecule has 0 saturated carbocycles. The maximum atomic E-state index is 12.8. The Kier molecular flexibility index (Phi) is 8.69. The molecule has 8 N–H and O–H groups in total. The molecule has 1 aliphatic heterocycles. The van der Waals surface area contributed by atoms with Crippen LogP contribution in [0.2, 0.25) is 0 Å². The number of aliphatic hydroxyl groups excluding tert-OH is 2. The van der Waals surface area contributed by atoms with E-state index in [2.05, 4.69) is 20.6 Å². The number of carbonyl (C=O) groups is 4. The van der Waals surface area contributed by atoms with E-state index < -0.39 is 60.1 Å². The van der Waals surface area contributed by atoms with Crippen LogP contribution in [0.4, 0.5) is 0 Å². The fourth-order valence-electron chi connectivity index (χ4n) is 3.49. The van der Waals surface area contributed by atoms with Gasteiger partial charge in [-0.1, -0.05) is 0 Å². The van der Waals surface area contributed by atoms with Gasteiger partial charge in [-0.3, -0.25) is 14.4 Å². The van der Waals surface area contributed by atoms with Crippen molar-refractivity contribution in [1.82, 2.24) is 25.5 Å². The predicted octanol–water partition coefficient (Wildman–Crippen LogP) is -2.91. The Balaban J connectivity index is 2.07. The van der Waals surface area contributed by atoms with E-state index in [0.29, 0.717) is 12.1 Å². The van der Waals surface area contributed by atoms with Crippen molar-refractivity contribution in [2.24, 2.45) is 5.73 Å². The maximum absolute atomic E-state index is 12.8. The van der Waals surface area contributed by atoms with Crippen LogP contribution in [-0.2, 0) is 25.6 Å². The van der Waals surface area contributed by atoms with Gasteiger partial charge in [-0.15, -0.1) is 0 Å². The summed E-state index contributed by atoms with van der Waals surface area (Å²) in [5.74, 6) is -3.57. The smallest absolute Gasteiger partial charge is 0.326 e. The molecular weight excluding hydrogens is 424 g/mol. The third kappa shape index (κ3) is 6.24. The quantitative estimate of drug-likeness (QED) is 0.193. The molecule has 32 heavy (non-hydrogen) atoms. The SMILES string of the molecule is CC(O)C(NC(=O)C(N)Cc1cnc[nH]1)C(=O)NC(C(=O)N1CCCC1C(=O)O)C(C)O. The second-order valence-corrected chi connectivity index (χ2v) is 7.87. The number of carboxylic acid groups (broad SMARTS) is 1. The van der Waals surface area contributed by atoms with Crippen molar-refractivity contribution in [3.63, 3.8) is 0 Å². The number of aromatic amines is 1. The molecule has 2 rings (SSSR count). The number of rotatable bonds is 10. The number of nitrogens with one attached hydrogen (secondary N) is 3. The van der Waals surface area contributed by atoms with Gasteiger partial charge in [-0.2, -0.15) is 0 Å². The number of nitrogens with two attached hydrogens (primary N) is 1. The number of H-pyrrole nitrogens is 1. The Morgan fingerprint density at radius 2 is 1.81 bits per heavy atom. The number of carboxylic acids is 1. The van der Waals surface area contributed by atoms with Gasteiger partial charge < -0.3 is 41.6 Å². The van der Waals surface area contributed by atoms with Crippen molar-refractivity contribution in [2.45, 2.75) is 69.5 Å². The number of hydrogen-bond acceptors (Lipinski definition) is 8. The standard InChI is InChI=1S/C19H30N6O7/c1-9(26)14(23-16(28)12(20)6-11-7-21-8-22-11)17(29)24-15(10(2)27)18(30)25-5-3-4-13(25)19(31)32/h7-10,12-15,26-27H,3-6,20H2,1-2H3,(H,21,22)(H,23,28)(H,24,29)(H,31,32). The van der Waals surface area contributed by atoms with Gasteiger partial charge in [0.2, 0.25) is 17.7 Å². The van der Waals surface area contributed by atoms with E-state index in [9.17, 15) is 34.5 Å². The lowest BCUT2D eigenvalue weighted by atomic mass is 10.1. The first kappa shape index (κ1) is 25.2. The lowest BCUT2D eigenvalue weighted by molar-refractivity contribution is -0.151. The fourth-order valence-corrected chi connectivity index (χ4v) is 3.49. The van der Waals surface area contributed by atoms with E-state index in [4.69, 9.17) is 5.73 Å². The molecule has 3 amide bonds. The first-order valence-electron chi connectivity index (χ1n) is 10.3. The molecule has 1 saturated heterocycles. The third-order valence-corrected chi connectivity index (χ3v) is 5.26. The second-order valence-electron chi connectivity index (χ2n) is 7.87.